The van der Waals surface area contributed by atoms with E-state index in [9.17, 15) is 9.59 Å². The van der Waals surface area contributed by atoms with Crippen molar-refractivity contribution in [2.75, 3.05) is 13.1 Å². The predicted octanol–water partition coefficient (Wildman–Crippen LogP) is 3.32. The number of benzene rings is 1. The number of nitrogens with zero attached hydrogens (tertiary/aromatic N) is 2. The van der Waals surface area contributed by atoms with Crippen LogP contribution in [0.2, 0.25) is 0 Å². The zero-order chi connectivity index (χ0) is 20.6. The van der Waals surface area contributed by atoms with Gasteiger partial charge in [-0.15, -0.1) is 0 Å². The number of aromatic nitrogens is 1. The van der Waals surface area contributed by atoms with Gasteiger partial charge < -0.3 is 9.88 Å². The SMILES string of the molecule is O=C(Cc1ccccc1)N[C@H](N1C[C@@H]2C[C@@H](C1)c1cccc(=O)n1C2)C(Cl)(Cl)Cl. The molecule has 1 fully saturated rings. The number of halogens is 3. The lowest BCUT2D eigenvalue weighted by atomic mass is 9.83. The summed E-state index contributed by atoms with van der Waals surface area (Å²) in [4.78, 5) is 26.9. The van der Waals surface area contributed by atoms with Crippen LogP contribution in [0.3, 0.4) is 0 Å². The molecule has 2 aromatic rings. The summed E-state index contributed by atoms with van der Waals surface area (Å²) in [5.41, 5.74) is 1.94. The van der Waals surface area contributed by atoms with Crippen LogP contribution in [-0.4, -0.2) is 38.4 Å². The molecule has 0 aliphatic carbocycles. The van der Waals surface area contributed by atoms with Gasteiger partial charge in [0.05, 0.1) is 6.42 Å². The van der Waals surface area contributed by atoms with Gasteiger partial charge in [0.15, 0.2) is 0 Å². The van der Waals surface area contributed by atoms with E-state index in [1.54, 1.807) is 12.1 Å². The Balaban J connectivity index is 1.53. The summed E-state index contributed by atoms with van der Waals surface area (Å²) in [6.07, 6.45) is 0.470. The van der Waals surface area contributed by atoms with E-state index < -0.39 is 9.96 Å². The molecule has 1 aromatic heterocycles. The molecule has 0 radical (unpaired) electrons. The molecule has 154 valence electrons. The average Bonchev–Trinajstić information content (AvgIpc) is 2.67. The molecular weight excluding hydrogens is 433 g/mol. The molecule has 4 rings (SSSR count). The van der Waals surface area contributed by atoms with Crippen LogP contribution in [0.5, 0.6) is 0 Å². The number of amides is 1. The average molecular weight is 455 g/mol. The Bertz CT molecular complexity index is 942. The summed E-state index contributed by atoms with van der Waals surface area (Å²) in [5.74, 6) is 0.236. The minimum atomic E-state index is -1.67. The van der Waals surface area contributed by atoms with Gasteiger partial charge in [-0.05, 0) is 24.0 Å². The largest absolute Gasteiger partial charge is 0.336 e. The van der Waals surface area contributed by atoms with Crippen LogP contribution in [-0.2, 0) is 17.8 Å². The molecule has 1 aromatic carbocycles. The van der Waals surface area contributed by atoms with Crippen molar-refractivity contribution in [2.24, 2.45) is 5.92 Å². The summed E-state index contributed by atoms with van der Waals surface area (Å²) in [5, 5.41) is 2.92. The summed E-state index contributed by atoms with van der Waals surface area (Å²) in [7, 11) is 0. The van der Waals surface area contributed by atoms with Gasteiger partial charge in [-0.2, -0.15) is 0 Å². The molecule has 2 bridgehead atoms. The zero-order valence-corrected chi connectivity index (χ0v) is 18.0. The first-order valence-corrected chi connectivity index (χ1v) is 10.8. The highest BCUT2D eigenvalue weighted by Gasteiger charge is 2.44. The second kappa shape index (κ2) is 8.31. The zero-order valence-electron chi connectivity index (χ0n) is 15.7. The van der Waals surface area contributed by atoms with E-state index in [0.717, 1.165) is 17.7 Å². The standard InChI is InChI=1S/C21H22Cl3N3O2/c22-21(23,24)20(25-18(28)10-14-5-2-1-3-6-14)26-11-15-9-16(13-26)17-7-4-8-19(29)27(17)12-15/h1-8,15-16,20H,9-13H2,(H,25,28)/t15-,16-,20+/m0/s1. The van der Waals surface area contributed by atoms with Gasteiger partial charge in [0.2, 0.25) is 9.70 Å². The van der Waals surface area contributed by atoms with E-state index in [0.29, 0.717) is 19.6 Å². The Morgan fingerprint density at radius 2 is 1.83 bits per heavy atom. The fraction of sp³-hybridized carbons (Fsp3) is 0.429. The van der Waals surface area contributed by atoms with Crippen LogP contribution in [0, 0.1) is 5.92 Å². The van der Waals surface area contributed by atoms with E-state index in [4.69, 9.17) is 34.8 Å². The molecule has 2 aliphatic rings. The molecule has 1 N–H and O–H groups in total. The van der Waals surface area contributed by atoms with Crippen LogP contribution in [0.15, 0.2) is 53.3 Å². The van der Waals surface area contributed by atoms with Crippen molar-refractivity contribution in [3.05, 3.63) is 70.1 Å². The highest BCUT2D eigenvalue weighted by atomic mass is 35.6. The number of alkyl halides is 3. The lowest BCUT2D eigenvalue weighted by Crippen LogP contribution is -2.60. The molecule has 3 atom stereocenters. The summed E-state index contributed by atoms with van der Waals surface area (Å²) in [6, 6.07) is 14.8. The second-order valence-electron chi connectivity index (χ2n) is 7.83. The summed E-state index contributed by atoms with van der Waals surface area (Å²) >= 11 is 18.8. The molecule has 2 aliphatic heterocycles. The minimum absolute atomic E-state index is 0.0275. The molecule has 29 heavy (non-hydrogen) atoms. The molecule has 0 saturated carbocycles. The third-order valence-electron chi connectivity index (χ3n) is 5.69. The number of hydrogen-bond donors (Lipinski definition) is 1. The van der Waals surface area contributed by atoms with Gasteiger partial charge in [0.25, 0.3) is 5.56 Å². The summed E-state index contributed by atoms with van der Waals surface area (Å²) < 4.78 is 0.183. The predicted molar refractivity (Wildman–Crippen MR) is 115 cm³/mol. The second-order valence-corrected chi connectivity index (χ2v) is 10.2. The first-order chi connectivity index (χ1) is 13.8. The fourth-order valence-corrected chi connectivity index (χ4v) is 5.09. The van der Waals surface area contributed by atoms with E-state index in [1.807, 2.05) is 45.9 Å². The van der Waals surface area contributed by atoms with Gasteiger partial charge in [-0.25, -0.2) is 0 Å². The minimum Gasteiger partial charge on any atom is -0.336 e. The highest BCUT2D eigenvalue weighted by molar-refractivity contribution is 6.68. The van der Waals surface area contributed by atoms with Gasteiger partial charge >= 0.3 is 0 Å². The maximum absolute atomic E-state index is 12.6. The molecule has 1 saturated heterocycles. The first kappa shape index (κ1) is 20.7. The van der Waals surface area contributed by atoms with Crippen molar-refractivity contribution in [1.82, 2.24) is 14.8 Å². The fourth-order valence-electron chi connectivity index (χ4n) is 4.51. The summed E-state index contributed by atoms with van der Waals surface area (Å²) in [6.45, 7) is 1.91. The molecule has 5 nitrogen and oxygen atoms in total. The van der Waals surface area contributed by atoms with Crippen LogP contribution in [0.25, 0.3) is 0 Å². The number of hydrogen-bond acceptors (Lipinski definition) is 3. The van der Waals surface area contributed by atoms with E-state index in [-0.39, 0.29) is 29.7 Å². The highest BCUT2D eigenvalue weighted by Crippen LogP contribution is 2.39. The van der Waals surface area contributed by atoms with Gasteiger partial charge in [-0.3, -0.25) is 14.5 Å². The van der Waals surface area contributed by atoms with Crippen molar-refractivity contribution in [1.29, 1.82) is 0 Å². The topological polar surface area (TPSA) is 54.3 Å². The Morgan fingerprint density at radius 3 is 2.55 bits per heavy atom. The van der Waals surface area contributed by atoms with Crippen LogP contribution >= 0.6 is 34.8 Å². The van der Waals surface area contributed by atoms with Crippen LogP contribution in [0.4, 0.5) is 0 Å². The number of fused-ring (bicyclic) bond motifs is 4. The number of carbonyl (C=O) groups is 1. The molecule has 8 heteroatoms. The van der Waals surface area contributed by atoms with E-state index in [2.05, 4.69) is 5.32 Å². The number of nitrogens with one attached hydrogen (secondary N) is 1. The Morgan fingerprint density at radius 1 is 1.07 bits per heavy atom. The number of pyridine rings is 1. The number of likely N-dealkylation sites (tertiary alicyclic amines) is 1. The Labute approximate surface area is 184 Å². The van der Waals surface area contributed by atoms with Crippen LogP contribution in [0.1, 0.15) is 23.6 Å². The number of piperidine rings is 1. The number of carbonyl (C=O) groups excluding carboxylic acids is 1. The Kier molecular flexibility index (Phi) is 5.94. The lowest BCUT2D eigenvalue weighted by molar-refractivity contribution is -0.122. The molecule has 0 spiro atoms. The number of rotatable bonds is 4. The third kappa shape index (κ3) is 4.64. The smallest absolute Gasteiger partial charge is 0.250 e. The quantitative estimate of drug-likeness (QED) is 0.721. The molecule has 1 amide bonds. The Hall–Kier alpha value is -1.53. The van der Waals surface area contributed by atoms with Gasteiger partial charge in [0, 0.05) is 37.3 Å². The van der Waals surface area contributed by atoms with Crippen LogP contribution < -0.4 is 10.9 Å². The molecular formula is C21H22Cl3N3O2. The van der Waals surface area contributed by atoms with Crippen molar-refractivity contribution in [2.45, 2.75) is 35.3 Å². The van der Waals surface area contributed by atoms with E-state index in [1.165, 1.54) is 0 Å². The van der Waals surface area contributed by atoms with Gasteiger partial charge in [-0.1, -0.05) is 71.2 Å². The maximum atomic E-state index is 12.6. The van der Waals surface area contributed by atoms with Crippen molar-refractivity contribution in [3.8, 4) is 0 Å². The maximum Gasteiger partial charge on any atom is 0.250 e. The van der Waals surface area contributed by atoms with Crippen molar-refractivity contribution in [3.63, 3.8) is 0 Å². The first-order valence-electron chi connectivity index (χ1n) is 9.65. The molecule has 0 unspecified atom stereocenters. The lowest BCUT2D eigenvalue weighted by Gasteiger charge is -2.47. The third-order valence-corrected chi connectivity index (χ3v) is 6.31. The van der Waals surface area contributed by atoms with Crippen molar-refractivity contribution >= 4 is 40.7 Å². The van der Waals surface area contributed by atoms with E-state index >= 15 is 0 Å². The monoisotopic (exact) mass is 453 g/mol. The molecule has 3 heterocycles. The van der Waals surface area contributed by atoms with Gasteiger partial charge in [0.1, 0.15) is 6.17 Å². The normalized spacial score (nSPS) is 22.6. The van der Waals surface area contributed by atoms with Crippen molar-refractivity contribution < 1.29 is 4.79 Å².